The van der Waals surface area contributed by atoms with Gasteiger partial charge in [-0.3, -0.25) is 4.99 Å². The van der Waals surface area contributed by atoms with Crippen LogP contribution in [0.5, 0.6) is 0 Å². The van der Waals surface area contributed by atoms with Gasteiger partial charge in [-0.2, -0.15) is 13.9 Å². The van der Waals surface area contributed by atoms with Crippen molar-refractivity contribution in [2.45, 2.75) is 31.5 Å². The van der Waals surface area contributed by atoms with Crippen LogP contribution in [0.1, 0.15) is 41.6 Å². The number of aromatic nitrogens is 3. The van der Waals surface area contributed by atoms with Crippen LogP contribution in [0.25, 0.3) is 5.57 Å². The van der Waals surface area contributed by atoms with Gasteiger partial charge in [0, 0.05) is 52.7 Å². The molecule has 2 N–H and O–H groups in total. The Hall–Kier alpha value is -2.78. The second-order valence-corrected chi connectivity index (χ2v) is 12.0. The van der Waals surface area contributed by atoms with Crippen LogP contribution in [0.2, 0.25) is 5.02 Å². The van der Waals surface area contributed by atoms with E-state index in [1.165, 1.54) is 34.0 Å². The molecule has 3 aromatic rings. The number of aliphatic imine (C=N–C) groups is 1. The van der Waals surface area contributed by atoms with Gasteiger partial charge < -0.3 is 10.4 Å². The molecule has 1 atom stereocenters. The zero-order valence-corrected chi connectivity index (χ0v) is 22.0. The third kappa shape index (κ3) is 5.50. The lowest BCUT2D eigenvalue weighted by Crippen LogP contribution is -2.43. The summed E-state index contributed by atoms with van der Waals surface area (Å²) in [6.45, 7) is -2.62. The Kier molecular flexibility index (Phi) is 7.60. The molecule has 0 unspecified atom stereocenters. The second kappa shape index (κ2) is 10.8. The summed E-state index contributed by atoms with van der Waals surface area (Å²) in [7, 11) is -3.91. The Bertz CT molecular complexity index is 1490. The van der Waals surface area contributed by atoms with Crippen LogP contribution < -0.4 is 5.32 Å². The predicted molar refractivity (Wildman–Crippen MR) is 137 cm³/mol. The molecule has 0 bridgehead atoms. The summed E-state index contributed by atoms with van der Waals surface area (Å²) in [5.41, 5.74) is 0.977. The molecule has 0 saturated carbocycles. The van der Waals surface area contributed by atoms with Crippen LogP contribution in [0, 0.1) is 5.82 Å². The van der Waals surface area contributed by atoms with E-state index in [0.717, 1.165) is 12.3 Å². The maximum Gasteiger partial charge on any atom is 0.333 e. The van der Waals surface area contributed by atoms with E-state index in [0.29, 0.717) is 28.1 Å². The number of piperidine rings is 1. The van der Waals surface area contributed by atoms with Crippen LogP contribution in [-0.2, 0) is 10.0 Å². The zero-order valence-electron chi connectivity index (χ0n) is 19.6. The van der Waals surface area contributed by atoms with Gasteiger partial charge in [0.15, 0.2) is 10.8 Å². The largest absolute Gasteiger partial charge is 0.393 e. The predicted octanol–water partition coefficient (Wildman–Crippen LogP) is 3.82. The van der Waals surface area contributed by atoms with Crippen LogP contribution in [0.15, 0.2) is 52.9 Å². The van der Waals surface area contributed by atoms with Gasteiger partial charge in [-0.05, 0) is 30.5 Å². The Morgan fingerprint density at radius 1 is 1.26 bits per heavy atom. The van der Waals surface area contributed by atoms with Gasteiger partial charge in [0.05, 0.1) is 12.3 Å². The highest BCUT2D eigenvalue weighted by Crippen LogP contribution is 2.41. The highest BCUT2D eigenvalue weighted by atomic mass is 35.5. The van der Waals surface area contributed by atoms with Crippen LogP contribution in [0.4, 0.5) is 13.2 Å². The third-order valence-electron chi connectivity index (χ3n) is 6.27. The number of aliphatic hydroxyl groups excluding tert-OH is 1. The molecule has 202 valence electrons. The topological polar surface area (TPSA) is 113 Å². The van der Waals surface area contributed by atoms with E-state index in [1.807, 2.05) is 0 Å². The molecule has 38 heavy (non-hydrogen) atoms. The molecule has 4 heterocycles. The number of aliphatic hydroxyl groups is 1. The molecule has 2 aliphatic heterocycles. The smallest absolute Gasteiger partial charge is 0.333 e. The second-order valence-electron chi connectivity index (χ2n) is 8.77. The minimum Gasteiger partial charge on any atom is -0.393 e. The number of benzene rings is 1. The number of rotatable bonds is 7. The van der Waals surface area contributed by atoms with E-state index in [1.54, 1.807) is 11.6 Å². The van der Waals surface area contributed by atoms with E-state index >= 15 is 0 Å². The first-order valence-corrected chi connectivity index (χ1v) is 14.4. The fourth-order valence-electron chi connectivity index (χ4n) is 4.42. The first kappa shape index (κ1) is 26.8. The van der Waals surface area contributed by atoms with Crippen molar-refractivity contribution in [2.75, 3.05) is 18.8 Å². The molecule has 0 spiro atoms. The van der Waals surface area contributed by atoms with Crippen LogP contribution in [-0.4, -0.2) is 63.4 Å². The fraction of sp³-hybridized carbons (Fsp3) is 0.348. The normalized spacial score (nSPS) is 19.6. The minimum atomic E-state index is -3.91. The number of thiazole rings is 1. The number of sulfonamides is 1. The van der Waals surface area contributed by atoms with Gasteiger partial charge in [0.1, 0.15) is 17.6 Å². The summed E-state index contributed by atoms with van der Waals surface area (Å²) in [4.78, 5) is 8.99. The lowest BCUT2D eigenvalue weighted by molar-refractivity contribution is 0.0566. The molecule has 0 aliphatic carbocycles. The first-order chi connectivity index (χ1) is 18.1. The average molecular weight is 587 g/mol. The van der Waals surface area contributed by atoms with Crippen molar-refractivity contribution < 1.29 is 26.7 Å². The lowest BCUT2D eigenvalue weighted by Gasteiger charge is -2.32. The fourth-order valence-corrected chi connectivity index (χ4v) is 6.82. The van der Waals surface area contributed by atoms with Crippen molar-refractivity contribution in [3.8, 4) is 0 Å². The highest BCUT2D eigenvalue weighted by molar-refractivity contribution is 7.89. The van der Waals surface area contributed by atoms with E-state index in [2.05, 4.69) is 15.4 Å². The van der Waals surface area contributed by atoms with Crippen molar-refractivity contribution in [3.63, 3.8) is 0 Å². The summed E-state index contributed by atoms with van der Waals surface area (Å²) < 4.78 is 69.5. The highest BCUT2D eigenvalue weighted by Gasteiger charge is 2.35. The molecular weight excluding hydrogens is 565 g/mol. The van der Waals surface area contributed by atoms with Gasteiger partial charge in [-0.25, -0.2) is 26.8 Å². The first-order valence-electron chi connectivity index (χ1n) is 11.5. The molecule has 1 fully saturated rings. The standard InChI is InChI=1S/C23H22ClF3N6O3S2/c24-17-9-14(25)1-2-16(17)20-19(13-10-29-33(11-13)23(26)27)18(30-21(31-20)22-28-5-8-37-22)12-38(35,36)32-6-3-15(34)4-7-32/h1-2,5,8-11,15,20,23,34H,3-4,6-7,12H2,(H,30,31)/t20-/m0/s1. The minimum absolute atomic E-state index is 0.0325. The van der Waals surface area contributed by atoms with Gasteiger partial charge in [-0.1, -0.05) is 17.7 Å². The molecule has 9 nitrogen and oxygen atoms in total. The van der Waals surface area contributed by atoms with E-state index in [4.69, 9.17) is 16.6 Å². The Labute approximate surface area is 225 Å². The van der Waals surface area contributed by atoms with Crippen molar-refractivity contribution in [3.05, 3.63) is 74.8 Å². The molecule has 0 radical (unpaired) electrons. The van der Waals surface area contributed by atoms with E-state index in [9.17, 15) is 26.7 Å². The van der Waals surface area contributed by atoms with Gasteiger partial charge in [-0.15, -0.1) is 11.3 Å². The average Bonchev–Trinajstić information content (AvgIpc) is 3.57. The van der Waals surface area contributed by atoms with Crippen molar-refractivity contribution >= 4 is 44.4 Å². The molecule has 2 aromatic heterocycles. The maximum atomic E-state index is 13.9. The van der Waals surface area contributed by atoms with Gasteiger partial charge in [0.25, 0.3) is 0 Å². The monoisotopic (exact) mass is 586 g/mol. The van der Waals surface area contributed by atoms with Gasteiger partial charge >= 0.3 is 6.55 Å². The van der Waals surface area contributed by atoms with E-state index in [-0.39, 0.29) is 40.8 Å². The SMILES string of the molecule is O=S(=O)(CC1=C(c2cnn(C(F)F)c2)[C@H](c2ccc(F)cc2Cl)N=C(c2nccs2)N1)N1CCC(O)CC1. The summed E-state index contributed by atoms with van der Waals surface area (Å²) in [6, 6.07) is 2.74. The summed E-state index contributed by atoms with van der Waals surface area (Å²) in [5, 5.41) is 18.8. The molecule has 2 aliphatic rings. The van der Waals surface area contributed by atoms with Crippen LogP contribution in [0.3, 0.4) is 0 Å². The number of nitrogens with zero attached hydrogens (tertiary/aromatic N) is 5. The molecule has 1 saturated heterocycles. The summed E-state index contributed by atoms with van der Waals surface area (Å²) in [5.74, 6) is -0.838. The Balaban J connectivity index is 1.66. The number of hydrogen-bond acceptors (Lipinski definition) is 8. The van der Waals surface area contributed by atoms with Crippen LogP contribution >= 0.6 is 22.9 Å². The van der Waals surface area contributed by atoms with Crippen molar-refractivity contribution in [1.82, 2.24) is 24.4 Å². The quantitative estimate of drug-likeness (QED) is 0.435. The van der Waals surface area contributed by atoms with E-state index < -0.39 is 40.3 Å². The zero-order chi connectivity index (χ0) is 27.0. The number of amidine groups is 1. The van der Waals surface area contributed by atoms with Gasteiger partial charge in [0.2, 0.25) is 10.0 Å². The Morgan fingerprint density at radius 3 is 2.66 bits per heavy atom. The summed E-state index contributed by atoms with van der Waals surface area (Å²) >= 11 is 7.67. The summed E-state index contributed by atoms with van der Waals surface area (Å²) in [6.07, 6.45) is 3.89. The van der Waals surface area contributed by atoms with Crippen molar-refractivity contribution in [1.29, 1.82) is 0 Å². The third-order valence-corrected chi connectivity index (χ3v) is 9.19. The lowest BCUT2D eigenvalue weighted by atomic mass is 9.92. The Morgan fingerprint density at radius 2 is 2.03 bits per heavy atom. The number of hydrogen-bond donors (Lipinski definition) is 2. The molecule has 1 aromatic carbocycles. The number of halogens is 4. The molecule has 15 heteroatoms. The number of nitrogens with one attached hydrogen (secondary N) is 1. The molecule has 5 rings (SSSR count). The number of alkyl halides is 2. The molecular formula is C23H22ClF3N6O3S2. The maximum absolute atomic E-state index is 13.9. The van der Waals surface area contributed by atoms with Crippen molar-refractivity contribution in [2.24, 2.45) is 4.99 Å². The molecule has 0 amide bonds.